The van der Waals surface area contributed by atoms with Crippen molar-refractivity contribution in [2.75, 3.05) is 19.8 Å². The van der Waals surface area contributed by atoms with E-state index < -0.39 is 0 Å². The molecular weight excluding hydrogens is 308 g/mol. The van der Waals surface area contributed by atoms with Crippen LogP contribution in [0.5, 0.6) is 11.5 Å². The van der Waals surface area contributed by atoms with E-state index in [0.29, 0.717) is 19.8 Å². The molecule has 1 saturated heterocycles. The Balaban J connectivity index is 1.47. The van der Waals surface area contributed by atoms with Crippen LogP contribution < -0.4 is 14.8 Å². The molecule has 6 nitrogen and oxygen atoms in total. The van der Waals surface area contributed by atoms with Gasteiger partial charge in [0.25, 0.3) is 0 Å². The van der Waals surface area contributed by atoms with Crippen molar-refractivity contribution >= 4 is 6.03 Å². The third kappa shape index (κ3) is 2.91. The Kier molecular flexibility index (Phi) is 4.02. The number of likely N-dealkylation sites (tertiary alicyclic amines) is 1. The van der Waals surface area contributed by atoms with Crippen molar-refractivity contribution in [1.82, 2.24) is 10.2 Å². The molecule has 2 amide bonds. The standard InChI is InChI=1S/C18H20N2O4/c21-18(19-12-14-3-2-8-22-14)20-7-1-4-15(20)13-5-6-16-17(11-13)24-10-9-23-16/h2-3,5-6,8,11,15H,1,4,7,9-10,12H2,(H,19,21). The van der Waals surface area contributed by atoms with Crippen molar-refractivity contribution in [1.29, 1.82) is 0 Å². The van der Waals surface area contributed by atoms with Crippen LogP contribution in [0.25, 0.3) is 0 Å². The Labute approximate surface area is 140 Å². The molecule has 1 N–H and O–H groups in total. The van der Waals surface area contributed by atoms with Crippen LogP contribution in [0.15, 0.2) is 41.0 Å². The number of nitrogens with one attached hydrogen (secondary N) is 1. The molecule has 4 rings (SSSR count). The van der Waals surface area contributed by atoms with Crippen LogP contribution in [-0.4, -0.2) is 30.7 Å². The van der Waals surface area contributed by atoms with Gasteiger partial charge in [-0.1, -0.05) is 6.07 Å². The number of amides is 2. The summed E-state index contributed by atoms with van der Waals surface area (Å²) in [6.45, 7) is 2.30. The summed E-state index contributed by atoms with van der Waals surface area (Å²) in [4.78, 5) is 14.4. The predicted molar refractivity (Wildman–Crippen MR) is 87.1 cm³/mol. The van der Waals surface area contributed by atoms with E-state index in [0.717, 1.165) is 42.2 Å². The Morgan fingerprint density at radius 1 is 1.21 bits per heavy atom. The van der Waals surface area contributed by atoms with E-state index in [4.69, 9.17) is 13.9 Å². The van der Waals surface area contributed by atoms with Crippen LogP contribution in [-0.2, 0) is 6.54 Å². The number of furan rings is 1. The Bertz CT molecular complexity index is 714. The third-order valence-electron chi connectivity index (χ3n) is 4.46. The summed E-state index contributed by atoms with van der Waals surface area (Å²) in [5.74, 6) is 2.29. The Morgan fingerprint density at radius 2 is 2.08 bits per heavy atom. The molecule has 2 aliphatic heterocycles. The van der Waals surface area contributed by atoms with E-state index in [2.05, 4.69) is 5.32 Å². The molecule has 1 atom stereocenters. The SMILES string of the molecule is O=C(NCc1ccco1)N1CCCC1c1ccc2c(c1)OCCO2. The number of urea groups is 1. The monoisotopic (exact) mass is 328 g/mol. The lowest BCUT2D eigenvalue weighted by atomic mass is 10.0. The maximum Gasteiger partial charge on any atom is 0.318 e. The normalized spacial score (nSPS) is 19.3. The molecule has 24 heavy (non-hydrogen) atoms. The van der Waals surface area contributed by atoms with Gasteiger partial charge in [-0.2, -0.15) is 0 Å². The number of hydrogen-bond acceptors (Lipinski definition) is 4. The lowest BCUT2D eigenvalue weighted by Gasteiger charge is -2.26. The molecule has 1 aromatic heterocycles. The fourth-order valence-electron chi connectivity index (χ4n) is 3.30. The maximum absolute atomic E-state index is 12.5. The van der Waals surface area contributed by atoms with Crippen LogP contribution in [0.2, 0.25) is 0 Å². The fourth-order valence-corrected chi connectivity index (χ4v) is 3.30. The molecule has 1 aromatic carbocycles. The van der Waals surface area contributed by atoms with Crippen molar-refractivity contribution in [3.63, 3.8) is 0 Å². The zero-order valence-electron chi connectivity index (χ0n) is 13.4. The number of nitrogens with zero attached hydrogens (tertiary/aromatic N) is 1. The molecule has 6 heteroatoms. The van der Waals surface area contributed by atoms with Gasteiger partial charge < -0.3 is 24.1 Å². The summed E-state index contributed by atoms with van der Waals surface area (Å²) in [6, 6.07) is 9.62. The van der Waals surface area contributed by atoms with E-state index in [-0.39, 0.29) is 12.1 Å². The van der Waals surface area contributed by atoms with Crippen LogP contribution in [0.3, 0.4) is 0 Å². The number of benzene rings is 1. The number of hydrogen-bond donors (Lipinski definition) is 1. The highest BCUT2D eigenvalue weighted by Crippen LogP contribution is 2.38. The highest BCUT2D eigenvalue weighted by molar-refractivity contribution is 5.75. The zero-order chi connectivity index (χ0) is 16.4. The summed E-state index contributed by atoms with van der Waals surface area (Å²) in [5, 5.41) is 2.93. The predicted octanol–water partition coefficient (Wildman–Crippen LogP) is 3.10. The molecule has 1 fully saturated rings. The van der Waals surface area contributed by atoms with Gasteiger partial charge in [-0.3, -0.25) is 0 Å². The molecule has 0 saturated carbocycles. The Hall–Kier alpha value is -2.63. The van der Waals surface area contributed by atoms with Gasteiger partial charge in [-0.15, -0.1) is 0 Å². The lowest BCUT2D eigenvalue weighted by molar-refractivity contribution is 0.170. The van der Waals surface area contributed by atoms with E-state index in [1.807, 2.05) is 35.2 Å². The fraction of sp³-hybridized carbons (Fsp3) is 0.389. The van der Waals surface area contributed by atoms with Crippen LogP contribution >= 0.6 is 0 Å². The summed E-state index contributed by atoms with van der Waals surface area (Å²) in [6.07, 6.45) is 3.55. The first-order valence-electron chi connectivity index (χ1n) is 8.27. The van der Waals surface area contributed by atoms with Crippen molar-refractivity contribution < 1.29 is 18.7 Å². The second kappa shape index (κ2) is 6.47. The second-order valence-corrected chi connectivity index (χ2v) is 5.99. The van der Waals surface area contributed by atoms with Crippen LogP contribution in [0.1, 0.15) is 30.2 Å². The molecule has 0 aliphatic carbocycles. The molecule has 0 radical (unpaired) electrons. The van der Waals surface area contributed by atoms with Gasteiger partial charge in [0.2, 0.25) is 0 Å². The maximum atomic E-state index is 12.5. The summed E-state index contributed by atoms with van der Waals surface area (Å²) < 4.78 is 16.5. The minimum atomic E-state index is -0.0659. The van der Waals surface area contributed by atoms with E-state index >= 15 is 0 Å². The van der Waals surface area contributed by atoms with E-state index in [1.165, 1.54) is 0 Å². The summed E-state index contributed by atoms with van der Waals surface area (Å²) >= 11 is 0. The molecular formula is C18H20N2O4. The number of carbonyl (C=O) groups is 1. The topological polar surface area (TPSA) is 63.9 Å². The third-order valence-corrected chi connectivity index (χ3v) is 4.46. The van der Waals surface area contributed by atoms with Gasteiger partial charge >= 0.3 is 6.03 Å². The van der Waals surface area contributed by atoms with E-state index in [1.54, 1.807) is 6.26 Å². The number of fused-ring (bicyclic) bond motifs is 1. The molecule has 126 valence electrons. The second-order valence-electron chi connectivity index (χ2n) is 5.99. The highest BCUT2D eigenvalue weighted by Gasteiger charge is 2.30. The number of carbonyl (C=O) groups excluding carboxylic acids is 1. The molecule has 3 heterocycles. The number of ether oxygens (including phenoxy) is 2. The van der Waals surface area contributed by atoms with Crippen LogP contribution in [0, 0.1) is 0 Å². The molecule has 0 bridgehead atoms. The lowest BCUT2D eigenvalue weighted by Crippen LogP contribution is -2.39. The molecule has 1 unspecified atom stereocenters. The summed E-state index contributed by atoms with van der Waals surface area (Å²) in [7, 11) is 0. The van der Waals surface area contributed by atoms with Gasteiger partial charge in [0.15, 0.2) is 11.5 Å². The Morgan fingerprint density at radius 3 is 2.92 bits per heavy atom. The minimum absolute atomic E-state index is 0.0659. The first kappa shape index (κ1) is 14.9. The largest absolute Gasteiger partial charge is 0.486 e. The summed E-state index contributed by atoms with van der Waals surface area (Å²) in [5.41, 5.74) is 1.09. The first-order valence-corrected chi connectivity index (χ1v) is 8.27. The van der Waals surface area contributed by atoms with Gasteiger partial charge in [0.05, 0.1) is 18.8 Å². The molecule has 2 aliphatic rings. The number of rotatable bonds is 3. The average Bonchev–Trinajstić information content (AvgIpc) is 3.31. The smallest absolute Gasteiger partial charge is 0.318 e. The van der Waals surface area contributed by atoms with Gasteiger partial charge in [0, 0.05) is 6.54 Å². The molecule has 0 spiro atoms. The van der Waals surface area contributed by atoms with Crippen molar-refractivity contribution in [3.05, 3.63) is 47.9 Å². The first-order chi connectivity index (χ1) is 11.8. The van der Waals surface area contributed by atoms with Gasteiger partial charge in [-0.25, -0.2) is 4.79 Å². The highest BCUT2D eigenvalue weighted by atomic mass is 16.6. The van der Waals surface area contributed by atoms with Crippen LogP contribution in [0.4, 0.5) is 4.79 Å². The zero-order valence-corrected chi connectivity index (χ0v) is 13.4. The average molecular weight is 328 g/mol. The van der Waals surface area contributed by atoms with Crippen molar-refractivity contribution in [2.24, 2.45) is 0 Å². The van der Waals surface area contributed by atoms with Gasteiger partial charge in [-0.05, 0) is 42.7 Å². The minimum Gasteiger partial charge on any atom is -0.486 e. The van der Waals surface area contributed by atoms with Crippen molar-refractivity contribution in [3.8, 4) is 11.5 Å². The van der Waals surface area contributed by atoms with Gasteiger partial charge in [0.1, 0.15) is 19.0 Å². The molecule has 2 aromatic rings. The van der Waals surface area contributed by atoms with E-state index in [9.17, 15) is 4.79 Å². The quantitative estimate of drug-likeness (QED) is 0.940. The van der Waals surface area contributed by atoms with Crippen molar-refractivity contribution in [2.45, 2.75) is 25.4 Å².